The van der Waals surface area contributed by atoms with Crippen molar-refractivity contribution in [2.45, 2.75) is 33.4 Å². The van der Waals surface area contributed by atoms with E-state index in [0.717, 1.165) is 18.6 Å². The minimum Gasteiger partial charge on any atom is -0.494 e. The van der Waals surface area contributed by atoms with Gasteiger partial charge in [0.2, 0.25) is 5.91 Å². The highest BCUT2D eigenvalue weighted by Crippen LogP contribution is 2.36. The number of amides is 2. The molecule has 0 aliphatic carbocycles. The van der Waals surface area contributed by atoms with Crippen molar-refractivity contribution in [2.75, 3.05) is 17.2 Å². The summed E-state index contributed by atoms with van der Waals surface area (Å²) in [7, 11) is 0. The summed E-state index contributed by atoms with van der Waals surface area (Å²) in [6.07, 6.45) is -3.82. The fourth-order valence-electron chi connectivity index (χ4n) is 2.48. The van der Waals surface area contributed by atoms with Crippen molar-refractivity contribution in [2.24, 2.45) is 5.92 Å². The monoisotopic (exact) mass is 408 g/mol. The Kier molecular flexibility index (Phi) is 7.25. The fourth-order valence-corrected chi connectivity index (χ4v) is 2.48. The van der Waals surface area contributed by atoms with Gasteiger partial charge in [0, 0.05) is 18.2 Å². The van der Waals surface area contributed by atoms with E-state index in [1.165, 1.54) is 25.1 Å². The molecule has 0 aliphatic heterocycles. The van der Waals surface area contributed by atoms with Gasteiger partial charge in [-0.15, -0.1) is 0 Å². The molecule has 2 aromatic rings. The first-order chi connectivity index (χ1) is 13.6. The van der Waals surface area contributed by atoms with E-state index >= 15 is 0 Å². The summed E-state index contributed by atoms with van der Waals surface area (Å²) in [5, 5.41) is 4.57. The number of rotatable bonds is 7. The lowest BCUT2D eigenvalue weighted by Gasteiger charge is -2.16. The van der Waals surface area contributed by atoms with Crippen LogP contribution in [0.1, 0.15) is 43.1 Å². The Morgan fingerprint density at radius 1 is 1.03 bits per heavy atom. The molecule has 29 heavy (non-hydrogen) atoms. The molecular weight excluding hydrogens is 385 g/mol. The molecule has 0 radical (unpaired) electrons. The largest absolute Gasteiger partial charge is 0.494 e. The van der Waals surface area contributed by atoms with Gasteiger partial charge < -0.3 is 15.4 Å². The third-order valence-corrected chi connectivity index (χ3v) is 3.97. The first-order valence-electron chi connectivity index (χ1n) is 9.09. The minimum absolute atomic E-state index is 0.00859. The van der Waals surface area contributed by atoms with Crippen molar-refractivity contribution in [1.82, 2.24) is 0 Å². The number of benzene rings is 2. The predicted molar refractivity (Wildman–Crippen MR) is 105 cm³/mol. The van der Waals surface area contributed by atoms with Crippen molar-refractivity contribution < 1.29 is 27.5 Å². The van der Waals surface area contributed by atoms with Gasteiger partial charge >= 0.3 is 6.18 Å². The van der Waals surface area contributed by atoms with E-state index in [2.05, 4.69) is 24.5 Å². The molecule has 0 fully saturated rings. The topological polar surface area (TPSA) is 67.4 Å². The highest BCUT2D eigenvalue weighted by Gasteiger charge is 2.34. The molecule has 0 aliphatic rings. The molecule has 2 rings (SSSR count). The van der Waals surface area contributed by atoms with Gasteiger partial charge in [-0.3, -0.25) is 9.59 Å². The van der Waals surface area contributed by atoms with Crippen LogP contribution in [0.15, 0.2) is 42.5 Å². The van der Waals surface area contributed by atoms with E-state index in [1.807, 2.05) is 0 Å². The fraction of sp³-hybridized carbons (Fsp3) is 0.333. The smallest absolute Gasteiger partial charge is 0.418 e. The first-order valence-corrected chi connectivity index (χ1v) is 9.09. The molecule has 0 aromatic heterocycles. The number of hydrogen-bond donors (Lipinski definition) is 2. The molecule has 0 bridgehead atoms. The third kappa shape index (κ3) is 6.81. The molecule has 2 aromatic carbocycles. The molecule has 156 valence electrons. The highest BCUT2D eigenvalue weighted by atomic mass is 19.4. The van der Waals surface area contributed by atoms with E-state index in [4.69, 9.17) is 4.74 Å². The van der Waals surface area contributed by atoms with E-state index < -0.39 is 29.2 Å². The van der Waals surface area contributed by atoms with Crippen molar-refractivity contribution in [3.05, 3.63) is 53.6 Å². The molecule has 2 amide bonds. The van der Waals surface area contributed by atoms with Gasteiger partial charge in [0.05, 0.1) is 17.9 Å². The molecule has 0 heterocycles. The Morgan fingerprint density at radius 2 is 1.69 bits per heavy atom. The van der Waals surface area contributed by atoms with Crippen LogP contribution in [0.25, 0.3) is 0 Å². The molecule has 0 spiro atoms. The van der Waals surface area contributed by atoms with Gasteiger partial charge in [-0.05, 0) is 54.8 Å². The first kappa shape index (κ1) is 22.3. The van der Waals surface area contributed by atoms with Crippen molar-refractivity contribution in [1.29, 1.82) is 0 Å². The van der Waals surface area contributed by atoms with Gasteiger partial charge in [0.1, 0.15) is 5.75 Å². The lowest BCUT2D eigenvalue weighted by atomic mass is 10.1. The minimum atomic E-state index is -4.70. The molecule has 0 unspecified atom stereocenters. The summed E-state index contributed by atoms with van der Waals surface area (Å²) in [4.78, 5) is 23.5. The number of hydrogen-bond acceptors (Lipinski definition) is 3. The molecule has 0 saturated carbocycles. The van der Waals surface area contributed by atoms with Crippen molar-refractivity contribution in [3.63, 3.8) is 0 Å². The maximum absolute atomic E-state index is 13.4. The van der Waals surface area contributed by atoms with Gasteiger partial charge in [-0.2, -0.15) is 13.2 Å². The van der Waals surface area contributed by atoms with Crippen LogP contribution in [0.2, 0.25) is 0 Å². The third-order valence-electron chi connectivity index (χ3n) is 3.97. The number of alkyl halides is 3. The van der Waals surface area contributed by atoms with Gasteiger partial charge in [-0.1, -0.05) is 13.8 Å². The lowest BCUT2D eigenvalue weighted by Crippen LogP contribution is -2.17. The Hall–Kier alpha value is -3.03. The van der Waals surface area contributed by atoms with Crippen LogP contribution in [-0.4, -0.2) is 18.4 Å². The number of carbonyl (C=O) groups is 2. The number of nitrogens with one attached hydrogen (secondary N) is 2. The second kappa shape index (κ2) is 9.45. The van der Waals surface area contributed by atoms with Crippen LogP contribution in [0.3, 0.4) is 0 Å². The summed E-state index contributed by atoms with van der Waals surface area (Å²) in [5.41, 5.74) is -1.26. The van der Waals surface area contributed by atoms with Gasteiger partial charge in [-0.25, -0.2) is 0 Å². The highest BCUT2D eigenvalue weighted by molar-refractivity contribution is 6.05. The summed E-state index contributed by atoms with van der Waals surface area (Å²) in [6.45, 7) is 5.89. The van der Waals surface area contributed by atoms with E-state index in [9.17, 15) is 22.8 Å². The Labute approximate surface area is 167 Å². The second-order valence-corrected chi connectivity index (χ2v) is 6.95. The summed E-state index contributed by atoms with van der Waals surface area (Å²) < 4.78 is 45.7. The van der Waals surface area contributed by atoms with E-state index in [0.29, 0.717) is 18.3 Å². The van der Waals surface area contributed by atoms with E-state index in [1.54, 1.807) is 12.1 Å². The number of carbonyl (C=O) groups excluding carboxylic acids is 2. The Balaban J connectivity index is 2.14. The number of ether oxygens (including phenoxy) is 1. The molecule has 5 nitrogen and oxygen atoms in total. The quantitative estimate of drug-likeness (QED) is 0.650. The summed E-state index contributed by atoms with van der Waals surface area (Å²) in [5.74, 6) is -0.0973. The lowest BCUT2D eigenvalue weighted by molar-refractivity contribution is -0.137. The van der Waals surface area contributed by atoms with Crippen LogP contribution in [0.4, 0.5) is 24.5 Å². The van der Waals surface area contributed by atoms with Crippen LogP contribution in [0, 0.1) is 5.92 Å². The van der Waals surface area contributed by atoms with Crippen LogP contribution in [-0.2, 0) is 11.0 Å². The molecule has 8 heteroatoms. The average molecular weight is 408 g/mol. The summed E-state index contributed by atoms with van der Waals surface area (Å²) in [6, 6.07) is 9.34. The molecule has 2 N–H and O–H groups in total. The maximum atomic E-state index is 13.4. The zero-order chi connectivity index (χ0) is 21.6. The molecular formula is C21H23F3N2O3. The van der Waals surface area contributed by atoms with Gasteiger partial charge in [0.25, 0.3) is 5.91 Å². The maximum Gasteiger partial charge on any atom is 0.418 e. The zero-order valence-electron chi connectivity index (χ0n) is 16.4. The normalized spacial score (nSPS) is 11.3. The van der Waals surface area contributed by atoms with Crippen molar-refractivity contribution in [3.8, 4) is 5.75 Å². The SMILES string of the molecule is CC(=O)Nc1ccc(NC(=O)c2ccc(OCCC(C)C)cc2)c(C(F)(F)F)c1. The number of anilines is 2. The predicted octanol–water partition coefficient (Wildman–Crippen LogP) is 5.34. The van der Waals surface area contributed by atoms with Crippen LogP contribution < -0.4 is 15.4 Å². The standard InChI is InChI=1S/C21H23F3N2O3/c1-13(2)10-11-29-17-7-4-15(5-8-17)20(28)26-19-9-6-16(25-14(3)27)12-18(19)21(22,23)24/h4-9,12-13H,10-11H2,1-3H3,(H,25,27)(H,26,28). The number of halogens is 3. The Bertz CT molecular complexity index is 862. The summed E-state index contributed by atoms with van der Waals surface area (Å²) >= 11 is 0. The van der Waals surface area contributed by atoms with Crippen molar-refractivity contribution >= 4 is 23.2 Å². The average Bonchev–Trinajstić information content (AvgIpc) is 2.62. The van der Waals surface area contributed by atoms with Crippen LogP contribution in [0.5, 0.6) is 5.75 Å². The molecule has 0 saturated heterocycles. The van der Waals surface area contributed by atoms with Crippen LogP contribution >= 0.6 is 0 Å². The Morgan fingerprint density at radius 3 is 2.24 bits per heavy atom. The van der Waals surface area contributed by atoms with Gasteiger partial charge in [0.15, 0.2) is 0 Å². The zero-order valence-corrected chi connectivity index (χ0v) is 16.4. The molecule has 0 atom stereocenters. The second-order valence-electron chi connectivity index (χ2n) is 6.95. The van der Waals surface area contributed by atoms with E-state index in [-0.39, 0.29) is 11.3 Å².